The molecule has 1 aliphatic rings. The molecule has 1 heterocycles. The van der Waals surface area contributed by atoms with Crippen molar-refractivity contribution in [3.05, 3.63) is 0 Å². The molecule has 2 N–H and O–H groups in total. The molecule has 0 saturated carbocycles. The van der Waals surface area contributed by atoms with Crippen LogP contribution >= 0.6 is 0 Å². The van der Waals surface area contributed by atoms with Crippen LogP contribution in [0.15, 0.2) is 0 Å². The van der Waals surface area contributed by atoms with Crippen LogP contribution in [0.3, 0.4) is 0 Å². The normalized spacial score (nSPS) is 23.3. The zero-order chi connectivity index (χ0) is 11.4. The summed E-state index contributed by atoms with van der Waals surface area (Å²) < 4.78 is 5.27. The van der Waals surface area contributed by atoms with Crippen molar-refractivity contribution >= 4 is 12.0 Å². The molecule has 0 spiro atoms. The Morgan fingerprint density at radius 2 is 2.27 bits per heavy atom. The van der Waals surface area contributed by atoms with Crippen LogP contribution in [-0.2, 0) is 9.53 Å². The summed E-state index contributed by atoms with van der Waals surface area (Å²) in [6.45, 7) is 4.81. The van der Waals surface area contributed by atoms with Crippen molar-refractivity contribution in [3.8, 4) is 0 Å². The highest BCUT2D eigenvalue weighted by Crippen LogP contribution is 2.04. The van der Waals surface area contributed by atoms with E-state index in [1.807, 2.05) is 6.92 Å². The van der Waals surface area contributed by atoms with E-state index in [1.165, 1.54) is 6.92 Å². The van der Waals surface area contributed by atoms with Crippen LogP contribution in [0.1, 0.15) is 13.8 Å². The van der Waals surface area contributed by atoms with E-state index >= 15 is 0 Å². The largest absolute Gasteiger partial charge is 0.480 e. The van der Waals surface area contributed by atoms with Crippen molar-refractivity contribution < 1.29 is 19.4 Å². The zero-order valence-electron chi connectivity index (χ0n) is 8.90. The summed E-state index contributed by atoms with van der Waals surface area (Å²) in [5.74, 6) is -1.04. The highest BCUT2D eigenvalue weighted by molar-refractivity contribution is 5.82. The third-order valence-electron chi connectivity index (χ3n) is 2.24. The number of morpholine rings is 1. The van der Waals surface area contributed by atoms with Gasteiger partial charge in [0.05, 0.1) is 12.7 Å². The van der Waals surface area contributed by atoms with Crippen molar-refractivity contribution in [2.24, 2.45) is 0 Å². The summed E-state index contributed by atoms with van der Waals surface area (Å²) in [6.07, 6.45) is 0.00429. The molecule has 0 aliphatic carbocycles. The van der Waals surface area contributed by atoms with Crippen LogP contribution in [0.2, 0.25) is 0 Å². The minimum Gasteiger partial charge on any atom is -0.480 e. The molecule has 2 atom stereocenters. The standard InChI is InChI=1S/C9H16N2O4/c1-6-5-11(3-4-15-6)9(14)10-7(2)8(12)13/h6-7H,3-5H2,1-2H3,(H,10,14)(H,12,13)/t6?,7-/m1/s1. The number of ether oxygens (including phenoxy) is 1. The summed E-state index contributed by atoms with van der Waals surface area (Å²) in [7, 11) is 0. The van der Waals surface area contributed by atoms with Gasteiger partial charge < -0.3 is 20.1 Å². The predicted molar refractivity (Wildman–Crippen MR) is 52.6 cm³/mol. The van der Waals surface area contributed by atoms with Crippen LogP contribution in [0.4, 0.5) is 4.79 Å². The topological polar surface area (TPSA) is 78.9 Å². The number of urea groups is 1. The first-order valence-corrected chi connectivity index (χ1v) is 4.90. The Morgan fingerprint density at radius 1 is 1.60 bits per heavy atom. The number of aliphatic carboxylic acids is 1. The molecule has 15 heavy (non-hydrogen) atoms. The molecular formula is C9H16N2O4. The fraction of sp³-hybridized carbons (Fsp3) is 0.778. The van der Waals surface area contributed by atoms with Crippen LogP contribution < -0.4 is 5.32 Å². The maximum atomic E-state index is 11.6. The van der Waals surface area contributed by atoms with Gasteiger partial charge in [-0.15, -0.1) is 0 Å². The maximum Gasteiger partial charge on any atom is 0.325 e. The SMILES string of the molecule is CC1CN(C(=O)N[C@H](C)C(=O)O)CCO1. The Balaban J connectivity index is 2.42. The van der Waals surface area contributed by atoms with Gasteiger partial charge in [0.15, 0.2) is 0 Å². The van der Waals surface area contributed by atoms with Gasteiger partial charge in [0.25, 0.3) is 0 Å². The Bertz CT molecular complexity index is 256. The highest BCUT2D eigenvalue weighted by Gasteiger charge is 2.23. The molecule has 6 heteroatoms. The lowest BCUT2D eigenvalue weighted by molar-refractivity contribution is -0.138. The molecule has 1 fully saturated rings. The van der Waals surface area contributed by atoms with Crippen molar-refractivity contribution in [2.45, 2.75) is 26.0 Å². The summed E-state index contributed by atoms with van der Waals surface area (Å²) in [5.41, 5.74) is 0. The minimum atomic E-state index is -1.04. The first kappa shape index (κ1) is 11.8. The molecule has 86 valence electrons. The van der Waals surface area contributed by atoms with Gasteiger partial charge in [0.2, 0.25) is 0 Å². The quantitative estimate of drug-likeness (QED) is 0.675. The van der Waals surface area contributed by atoms with E-state index in [1.54, 1.807) is 4.90 Å². The Morgan fingerprint density at radius 3 is 2.80 bits per heavy atom. The third kappa shape index (κ3) is 3.39. The van der Waals surface area contributed by atoms with E-state index in [2.05, 4.69) is 5.32 Å². The fourth-order valence-corrected chi connectivity index (χ4v) is 1.34. The molecule has 0 radical (unpaired) electrons. The smallest absolute Gasteiger partial charge is 0.325 e. The molecule has 0 aromatic carbocycles. The number of amides is 2. The summed E-state index contributed by atoms with van der Waals surface area (Å²) in [6, 6.07) is -1.21. The summed E-state index contributed by atoms with van der Waals surface area (Å²) >= 11 is 0. The van der Waals surface area contributed by atoms with Crippen molar-refractivity contribution in [2.75, 3.05) is 19.7 Å². The number of carboxylic acid groups (broad SMARTS) is 1. The van der Waals surface area contributed by atoms with E-state index in [9.17, 15) is 9.59 Å². The second-order valence-corrected chi connectivity index (χ2v) is 3.64. The number of nitrogens with zero attached hydrogens (tertiary/aromatic N) is 1. The number of hydrogen-bond acceptors (Lipinski definition) is 3. The van der Waals surface area contributed by atoms with Gasteiger partial charge in [0, 0.05) is 13.1 Å². The number of rotatable bonds is 2. The van der Waals surface area contributed by atoms with Crippen molar-refractivity contribution in [1.29, 1.82) is 0 Å². The number of carboxylic acids is 1. The number of carbonyl (C=O) groups excluding carboxylic acids is 1. The van der Waals surface area contributed by atoms with Gasteiger partial charge in [-0.1, -0.05) is 0 Å². The Labute approximate surface area is 88.2 Å². The zero-order valence-corrected chi connectivity index (χ0v) is 8.90. The van der Waals surface area contributed by atoms with E-state index in [4.69, 9.17) is 9.84 Å². The van der Waals surface area contributed by atoms with Gasteiger partial charge >= 0.3 is 12.0 Å². The molecule has 6 nitrogen and oxygen atoms in total. The lowest BCUT2D eigenvalue weighted by Crippen LogP contribution is -2.52. The number of nitrogens with one attached hydrogen (secondary N) is 1. The lowest BCUT2D eigenvalue weighted by atomic mass is 10.3. The van der Waals surface area contributed by atoms with Crippen LogP contribution in [0.25, 0.3) is 0 Å². The second-order valence-electron chi connectivity index (χ2n) is 3.64. The summed E-state index contributed by atoms with van der Waals surface area (Å²) in [5, 5.41) is 11.0. The van der Waals surface area contributed by atoms with Gasteiger partial charge in [-0.3, -0.25) is 4.79 Å². The second kappa shape index (κ2) is 4.97. The van der Waals surface area contributed by atoms with Crippen molar-refractivity contribution in [3.63, 3.8) is 0 Å². The molecule has 2 amide bonds. The number of hydrogen-bond donors (Lipinski definition) is 2. The van der Waals surface area contributed by atoms with E-state index in [-0.39, 0.29) is 12.1 Å². The van der Waals surface area contributed by atoms with Gasteiger partial charge in [-0.05, 0) is 13.8 Å². The predicted octanol–water partition coefficient (Wildman–Crippen LogP) is -0.110. The van der Waals surface area contributed by atoms with Crippen LogP contribution in [0.5, 0.6) is 0 Å². The number of carbonyl (C=O) groups is 2. The van der Waals surface area contributed by atoms with Crippen LogP contribution in [-0.4, -0.2) is 53.8 Å². The molecule has 1 rings (SSSR count). The first-order valence-electron chi connectivity index (χ1n) is 4.90. The van der Waals surface area contributed by atoms with E-state index in [0.29, 0.717) is 19.7 Å². The average molecular weight is 216 g/mol. The molecule has 1 unspecified atom stereocenters. The minimum absolute atomic E-state index is 0.00429. The molecule has 0 aromatic rings. The Kier molecular flexibility index (Phi) is 3.90. The highest BCUT2D eigenvalue weighted by atomic mass is 16.5. The molecule has 1 saturated heterocycles. The lowest BCUT2D eigenvalue weighted by Gasteiger charge is -2.31. The Hall–Kier alpha value is -1.30. The fourth-order valence-electron chi connectivity index (χ4n) is 1.34. The maximum absolute atomic E-state index is 11.6. The molecule has 1 aliphatic heterocycles. The van der Waals surface area contributed by atoms with Gasteiger partial charge in [-0.25, -0.2) is 4.79 Å². The third-order valence-corrected chi connectivity index (χ3v) is 2.24. The van der Waals surface area contributed by atoms with E-state index < -0.39 is 12.0 Å². The molecular weight excluding hydrogens is 200 g/mol. The monoisotopic (exact) mass is 216 g/mol. The molecule has 0 aromatic heterocycles. The van der Waals surface area contributed by atoms with Gasteiger partial charge in [0.1, 0.15) is 6.04 Å². The first-order chi connectivity index (χ1) is 7.00. The van der Waals surface area contributed by atoms with Crippen molar-refractivity contribution in [1.82, 2.24) is 10.2 Å². The van der Waals surface area contributed by atoms with Crippen LogP contribution in [0, 0.1) is 0 Å². The van der Waals surface area contributed by atoms with Gasteiger partial charge in [-0.2, -0.15) is 0 Å². The van der Waals surface area contributed by atoms with E-state index in [0.717, 1.165) is 0 Å². The summed E-state index contributed by atoms with van der Waals surface area (Å²) in [4.78, 5) is 23.6. The average Bonchev–Trinajstić information content (AvgIpc) is 2.17. The molecule has 0 bridgehead atoms.